The number of hydrogen-bond acceptors (Lipinski definition) is 3. The van der Waals surface area contributed by atoms with Gasteiger partial charge < -0.3 is 14.7 Å². The van der Waals surface area contributed by atoms with Gasteiger partial charge in [0.2, 0.25) is 0 Å². The third kappa shape index (κ3) is 3.37. The van der Waals surface area contributed by atoms with Gasteiger partial charge in [0.1, 0.15) is 5.75 Å². The van der Waals surface area contributed by atoms with Crippen molar-refractivity contribution in [3.8, 4) is 5.75 Å². The van der Waals surface area contributed by atoms with Gasteiger partial charge in [-0.15, -0.1) is 0 Å². The fourth-order valence-corrected chi connectivity index (χ4v) is 1.99. The Morgan fingerprint density at radius 2 is 2.06 bits per heavy atom. The van der Waals surface area contributed by atoms with Gasteiger partial charge in [-0.1, -0.05) is 13.8 Å². The summed E-state index contributed by atoms with van der Waals surface area (Å²) in [6.07, 6.45) is 0.692. The SMILES string of the molecule is CC(C)COc1ccc(N2CC[C@@H](O)C2)cc1. The van der Waals surface area contributed by atoms with Gasteiger partial charge in [-0.2, -0.15) is 0 Å². The van der Waals surface area contributed by atoms with Crippen molar-refractivity contribution >= 4 is 5.69 Å². The first-order valence-electron chi connectivity index (χ1n) is 6.31. The maximum atomic E-state index is 9.49. The van der Waals surface area contributed by atoms with Crippen molar-refractivity contribution < 1.29 is 9.84 Å². The summed E-state index contributed by atoms with van der Waals surface area (Å²) in [6, 6.07) is 8.13. The molecule has 17 heavy (non-hydrogen) atoms. The number of hydrogen-bond donors (Lipinski definition) is 1. The van der Waals surface area contributed by atoms with Crippen molar-refractivity contribution in [3.63, 3.8) is 0 Å². The fourth-order valence-electron chi connectivity index (χ4n) is 1.99. The number of nitrogens with zero attached hydrogens (tertiary/aromatic N) is 1. The molecule has 1 fully saturated rings. The molecular formula is C14H21NO2. The van der Waals surface area contributed by atoms with E-state index in [0.717, 1.165) is 31.9 Å². The quantitative estimate of drug-likeness (QED) is 0.869. The molecule has 1 heterocycles. The van der Waals surface area contributed by atoms with Crippen LogP contribution in [-0.4, -0.2) is 30.9 Å². The molecule has 0 radical (unpaired) electrons. The minimum atomic E-state index is -0.174. The summed E-state index contributed by atoms with van der Waals surface area (Å²) in [5.74, 6) is 1.46. The molecule has 0 amide bonds. The summed E-state index contributed by atoms with van der Waals surface area (Å²) in [6.45, 7) is 6.71. The molecule has 0 bridgehead atoms. The molecule has 3 heteroatoms. The number of benzene rings is 1. The minimum Gasteiger partial charge on any atom is -0.493 e. The predicted molar refractivity (Wildman–Crippen MR) is 69.6 cm³/mol. The second-order valence-electron chi connectivity index (χ2n) is 5.09. The highest BCUT2D eigenvalue weighted by Crippen LogP contribution is 2.23. The Balaban J connectivity index is 1.93. The Labute approximate surface area is 103 Å². The Hall–Kier alpha value is -1.22. The number of ether oxygens (including phenoxy) is 1. The van der Waals surface area contributed by atoms with Crippen molar-refractivity contribution in [3.05, 3.63) is 24.3 Å². The summed E-state index contributed by atoms with van der Waals surface area (Å²) in [5.41, 5.74) is 1.17. The molecule has 0 aliphatic carbocycles. The van der Waals surface area contributed by atoms with Crippen LogP contribution in [0.15, 0.2) is 24.3 Å². The van der Waals surface area contributed by atoms with Gasteiger partial charge >= 0.3 is 0 Å². The van der Waals surface area contributed by atoms with Crippen molar-refractivity contribution in [2.24, 2.45) is 5.92 Å². The Bertz CT molecular complexity index is 348. The van der Waals surface area contributed by atoms with E-state index in [1.54, 1.807) is 0 Å². The van der Waals surface area contributed by atoms with Gasteiger partial charge in [0.15, 0.2) is 0 Å². The van der Waals surface area contributed by atoms with Crippen LogP contribution in [0.2, 0.25) is 0 Å². The van der Waals surface area contributed by atoms with Crippen LogP contribution in [0.25, 0.3) is 0 Å². The Morgan fingerprint density at radius 1 is 1.35 bits per heavy atom. The molecule has 1 aromatic carbocycles. The van der Waals surface area contributed by atoms with Crippen molar-refractivity contribution in [1.82, 2.24) is 0 Å². The molecule has 0 spiro atoms. The summed E-state index contributed by atoms with van der Waals surface area (Å²) in [5, 5.41) is 9.49. The highest BCUT2D eigenvalue weighted by molar-refractivity contribution is 5.50. The summed E-state index contributed by atoms with van der Waals surface area (Å²) >= 11 is 0. The molecule has 0 saturated carbocycles. The molecular weight excluding hydrogens is 214 g/mol. The van der Waals surface area contributed by atoms with Crippen LogP contribution in [0.3, 0.4) is 0 Å². The van der Waals surface area contributed by atoms with Crippen LogP contribution in [0.5, 0.6) is 5.75 Å². The zero-order valence-electron chi connectivity index (χ0n) is 10.6. The van der Waals surface area contributed by atoms with Gasteiger partial charge in [-0.05, 0) is 36.6 Å². The average Bonchev–Trinajstić information content (AvgIpc) is 2.74. The average molecular weight is 235 g/mol. The van der Waals surface area contributed by atoms with Crippen LogP contribution in [0, 0.1) is 5.92 Å². The second-order valence-corrected chi connectivity index (χ2v) is 5.09. The van der Waals surface area contributed by atoms with Gasteiger partial charge in [0.05, 0.1) is 12.7 Å². The smallest absolute Gasteiger partial charge is 0.119 e. The number of aliphatic hydroxyl groups excluding tert-OH is 1. The van der Waals surface area contributed by atoms with E-state index in [9.17, 15) is 5.11 Å². The van der Waals surface area contributed by atoms with E-state index < -0.39 is 0 Å². The van der Waals surface area contributed by atoms with E-state index in [1.807, 2.05) is 12.1 Å². The first-order valence-corrected chi connectivity index (χ1v) is 6.31. The Morgan fingerprint density at radius 3 is 2.59 bits per heavy atom. The number of aliphatic hydroxyl groups is 1. The highest BCUT2D eigenvalue weighted by atomic mass is 16.5. The monoisotopic (exact) mass is 235 g/mol. The highest BCUT2D eigenvalue weighted by Gasteiger charge is 2.20. The van der Waals surface area contributed by atoms with Gasteiger partial charge in [0.25, 0.3) is 0 Å². The lowest BCUT2D eigenvalue weighted by atomic mass is 10.2. The first-order chi connectivity index (χ1) is 8.15. The van der Waals surface area contributed by atoms with E-state index in [4.69, 9.17) is 4.74 Å². The molecule has 1 aromatic rings. The van der Waals surface area contributed by atoms with Crippen molar-refractivity contribution in [2.75, 3.05) is 24.6 Å². The van der Waals surface area contributed by atoms with E-state index in [1.165, 1.54) is 5.69 Å². The van der Waals surface area contributed by atoms with Crippen LogP contribution < -0.4 is 9.64 Å². The fraction of sp³-hybridized carbons (Fsp3) is 0.571. The number of rotatable bonds is 4. The molecule has 1 aliphatic rings. The molecule has 94 valence electrons. The third-order valence-electron chi connectivity index (χ3n) is 2.95. The molecule has 0 unspecified atom stereocenters. The molecule has 1 aliphatic heterocycles. The maximum absolute atomic E-state index is 9.49. The molecule has 3 nitrogen and oxygen atoms in total. The second kappa shape index (κ2) is 5.41. The van der Waals surface area contributed by atoms with Crippen molar-refractivity contribution in [1.29, 1.82) is 0 Å². The van der Waals surface area contributed by atoms with Gasteiger partial charge in [-0.3, -0.25) is 0 Å². The largest absolute Gasteiger partial charge is 0.493 e. The van der Waals surface area contributed by atoms with Crippen LogP contribution >= 0.6 is 0 Å². The zero-order valence-corrected chi connectivity index (χ0v) is 10.6. The lowest BCUT2D eigenvalue weighted by Crippen LogP contribution is -2.20. The minimum absolute atomic E-state index is 0.174. The molecule has 1 saturated heterocycles. The van der Waals surface area contributed by atoms with Crippen LogP contribution in [0.4, 0.5) is 5.69 Å². The summed E-state index contributed by atoms with van der Waals surface area (Å²) in [4.78, 5) is 2.21. The number of β-amino-alcohol motifs (C(OH)–C–C–N with tert-alkyl or cyclic N) is 1. The third-order valence-corrected chi connectivity index (χ3v) is 2.95. The topological polar surface area (TPSA) is 32.7 Å². The standard InChI is InChI=1S/C14H21NO2/c1-11(2)10-17-14-5-3-12(4-6-14)15-8-7-13(16)9-15/h3-6,11,13,16H,7-10H2,1-2H3/t13-/m1/s1. The van der Waals surface area contributed by atoms with E-state index >= 15 is 0 Å². The first kappa shape index (κ1) is 12.2. The summed E-state index contributed by atoms with van der Waals surface area (Å²) < 4.78 is 5.64. The Kier molecular flexibility index (Phi) is 3.89. The normalized spacial score (nSPS) is 20.0. The van der Waals surface area contributed by atoms with E-state index in [2.05, 4.69) is 30.9 Å². The van der Waals surface area contributed by atoms with E-state index in [-0.39, 0.29) is 6.10 Å². The van der Waals surface area contributed by atoms with Gasteiger partial charge in [-0.25, -0.2) is 0 Å². The molecule has 1 N–H and O–H groups in total. The van der Waals surface area contributed by atoms with E-state index in [0.29, 0.717) is 5.92 Å². The summed E-state index contributed by atoms with van der Waals surface area (Å²) in [7, 11) is 0. The molecule has 2 rings (SSSR count). The number of anilines is 1. The van der Waals surface area contributed by atoms with Crippen LogP contribution in [-0.2, 0) is 0 Å². The van der Waals surface area contributed by atoms with Gasteiger partial charge in [0, 0.05) is 18.8 Å². The molecule has 0 aromatic heterocycles. The van der Waals surface area contributed by atoms with Crippen molar-refractivity contribution in [2.45, 2.75) is 26.4 Å². The molecule has 1 atom stereocenters. The lowest BCUT2D eigenvalue weighted by molar-refractivity contribution is 0.198. The lowest BCUT2D eigenvalue weighted by Gasteiger charge is -2.18. The van der Waals surface area contributed by atoms with Crippen LogP contribution in [0.1, 0.15) is 20.3 Å². The maximum Gasteiger partial charge on any atom is 0.119 e. The predicted octanol–water partition coefficient (Wildman–Crippen LogP) is 2.29. The zero-order chi connectivity index (χ0) is 12.3.